The maximum Gasteiger partial charge on any atom is 0.0981 e. The average Bonchev–Trinajstić information content (AvgIpc) is 2.21. The molecule has 1 heterocycles. The molecule has 0 aliphatic carbocycles. The minimum atomic E-state index is 0.574. The quantitative estimate of drug-likeness (QED) is 0.687. The second kappa shape index (κ2) is 4.19. The summed E-state index contributed by atoms with van der Waals surface area (Å²) in [6.45, 7) is 2.36. The number of hydrogen-bond donors (Lipinski definition) is 0. The lowest BCUT2D eigenvalue weighted by molar-refractivity contribution is -0.873. The van der Waals surface area contributed by atoms with Gasteiger partial charge in [0.05, 0.1) is 33.7 Å². The van der Waals surface area contributed by atoms with E-state index in [-0.39, 0.29) is 0 Å². The van der Waals surface area contributed by atoms with Crippen LogP contribution >= 0.6 is 0 Å². The van der Waals surface area contributed by atoms with Crippen molar-refractivity contribution in [2.45, 2.75) is 12.5 Å². The molecule has 1 aliphatic rings. The fraction of sp³-hybridized carbons (Fsp3) is 0.571. The van der Waals surface area contributed by atoms with E-state index < -0.39 is 0 Å². The number of benzene rings is 1. The molecule has 1 aromatic rings. The Bertz CT molecular complexity index is 365. The van der Waals surface area contributed by atoms with Crippen LogP contribution in [0, 0.1) is 0 Å². The fourth-order valence-corrected chi connectivity index (χ4v) is 2.53. The van der Waals surface area contributed by atoms with Crippen LogP contribution in [0.25, 0.3) is 0 Å². The summed E-state index contributed by atoms with van der Waals surface area (Å²) in [4.78, 5) is 2.49. The van der Waals surface area contributed by atoms with Gasteiger partial charge in [0.1, 0.15) is 0 Å². The number of fused-ring (bicyclic) bond motifs is 1. The van der Waals surface area contributed by atoms with Crippen molar-refractivity contribution in [3.8, 4) is 0 Å². The highest BCUT2D eigenvalue weighted by atomic mass is 15.3. The minimum Gasteiger partial charge on any atom is -0.329 e. The van der Waals surface area contributed by atoms with Crippen LogP contribution in [0.4, 0.5) is 0 Å². The first-order chi connectivity index (χ1) is 7.47. The van der Waals surface area contributed by atoms with Crippen molar-refractivity contribution in [2.75, 3.05) is 41.3 Å². The summed E-state index contributed by atoms with van der Waals surface area (Å²) in [6.07, 6.45) is 1.19. The van der Waals surface area contributed by atoms with E-state index in [0.717, 1.165) is 4.48 Å². The zero-order chi connectivity index (χ0) is 11.8. The van der Waals surface area contributed by atoms with Crippen LogP contribution in [0.5, 0.6) is 0 Å². The van der Waals surface area contributed by atoms with Crippen molar-refractivity contribution in [1.82, 2.24) is 4.90 Å². The van der Waals surface area contributed by atoms with E-state index in [4.69, 9.17) is 0 Å². The van der Waals surface area contributed by atoms with Crippen molar-refractivity contribution in [1.29, 1.82) is 0 Å². The zero-order valence-electron chi connectivity index (χ0n) is 10.9. The molecule has 0 radical (unpaired) electrons. The lowest BCUT2D eigenvalue weighted by atomic mass is 9.92. The first-order valence-electron chi connectivity index (χ1n) is 6.06. The third-order valence-corrected chi connectivity index (χ3v) is 3.40. The van der Waals surface area contributed by atoms with Gasteiger partial charge >= 0.3 is 0 Å². The average molecular weight is 219 g/mol. The summed E-state index contributed by atoms with van der Waals surface area (Å²) in [7, 11) is 9.05. The molecule has 0 N–H and O–H groups in total. The number of likely N-dealkylation sites (N-methyl/N-ethyl adjacent to an activating group) is 2. The Morgan fingerprint density at radius 3 is 2.62 bits per heavy atom. The van der Waals surface area contributed by atoms with Crippen LogP contribution < -0.4 is 0 Å². The molecule has 0 bridgehead atoms. The Morgan fingerprint density at radius 2 is 1.94 bits per heavy atom. The SMILES string of the molecule is CN1CCc2ccccc2[C@@H]1C[N+](C)(C)C. The van der Waals surface area contributed by atoms with E-state index in [0.29, 0.717) is 6.04 Å². The van der Waals surface area contributed by atoms with Gasteiger partial charge in [-0.1, -0.05) is 24.3 Å². The summed E-state index contributed by atoms with van der Waals surface area (Å²) in [5.41, 5.74) is 3.07. The zero-order valence-corrected chi connectivity index (χ0v) is 10.9. The largest absolute Gasteiger partial charge is 0.329 e. The minimum absolute atomic E-state index is 0.574. The lowest BCUT2D eigenvalue weighted by Crippen LogP contribution is -2.45. The van der Waals surface area contributed by atoms with Gasteiger partial charge in [-0.15, -0.1) is 0 Å². The van der Waals surface area contributed by atoms with Gasteiger partial charge in [0.2, 0.25) is 0 Å². The molecule has 2 rings (SSSR count). The van der Waals surface area contributed by atoms with Gasteiger partial charge in [-0.2, -0.15) is 0 Å². The smallest absolute Gasteiger partial charge is 0.0981 e. The number of nitrogens with zero attached hydrogens (tertiary/aromatic N) is 2. The highest BCUT2D eigenvalue weighted by Crippen LogP contribution is 2.29. The van der Waals surface area contributed by atoms with Crippen LogP contribution in [-0.2, 0) is 6.42 Å². The highest BCUT2D eigenvalue weighted by Gasteiger charge is 2.28. The standard InChI is InChI=1S/C14H23N2/c1-15-10-9-12-7-5-6-8-13(12)14(15)11-16(2,3)4/h5-8,14H,9-11H2,1-4H3/q+1/t14-/m0/s1. The summed E-state index contributed by atoms with van der Waals surface area (Å²) >= 11 is 0. The highest BCUT2D eigenvalue weighted by molar-refractivity contribution is 5.32. The number of rotatable bonds is 2. The lowest BCUT2D eigenvalue weighted by Gasteiger charge is -2.38. The third-order valence-electron chi connectivity index (χ3n) is 3.40. The van der Waals surface area contributed by atoms with Crippen molar-refractivity contribution in [2.24, 2.45) is 0 Å². The van der Waals surface area contributed by atoms with Crippen molar-refractivity contribution >= 4 is 0 Å². The van der Waals surface area contributed by atoms with Gasteiger partial charge in [0, 0.05) is 6.54 Å². The van der Waals surface area contributed by atoms with Crippen LogP contribution in [-0.4, -0.2) is 50.7 Å². The van der Waals surface area contributed by atoms with Crippen LogP contribution in [0.15, 0.2) is 24.3 Å². The Kier molecular flexibility index (Phi) is 3.04. The predicted molar refractivity (Wildman–Crippen MR) is 68.4 cm³/mol. The molecule has 0 fully saturated rings. The Balaban J connectivity index is 2.30. The molecular weight excluding hydrogens is 196 g/mol. The van der Waals surface area contributed by atoms with Crippen LogP contribution in [0.1, 0.15) is 17.2 Å². The number of quaternary nitrogens is 1. The summed E-state index contributed by atoms with van der Waals surface area (Å²) in [5.74, 6) is 0. The molecule has 0 aromatic heterocycles. The maximum absolute atomic E-state index is 2.49. The molecule has 1 aromatic carbocycles. The van der Waals surface area contributed by atoms with Crippen LogP contribution in [0.2, 0.25) is 0 Å². The molecule has 16 heavy (non-hydrogen) atoms. The molecular formula is C14H23N2+. The summed E-state index contributed by atoms with van der Waals surface area (Å²) in [5, 5.41) is 0. The second-order valence-corrected chi connectivity index (χ2v) is 5.92. The van der Waals surface area contributed by atoms with E-state index in [1.807, 2.05) is 0 Å². The van der Waals surface area contributed by atoms with Gasteiger partial charge in [-0.25, -0.2) is 0 Å². The van der Waals surface area contributed by atoms with Gasteiger partial charge < -0.3 is 4.48 Å². The first kappa shape index (κ1) is 11.6. The van der Waals surface area contributed by atoms with E-state index >= 15 is 0 Å². The first-order valence-corrected chi connectivity index (χ1v) is 6.06. The Hall–Kier alpha value is -0.860. The van der Waals surface area contributed by atoms with E-state index in [1.165, 1.54) is 25.1 Å². The number of hydrogen-bond acceptors (Lipinski definition) is 1. The maximum atomic E-state index is 2.49. The molecule has 0 saturated carbocycles. The molecule has 0 spiro atoms. The Morgan fingerprint density at radius 1 is 1.25 bits per heavy atom. The monoisotopic (exact) mass is 219 g/mol. The molecule has 2 nitrogen and oxygen atoms in total. The van der Waals surface area contributed by atoms with Gasteiger partial charge in [-0.3, -0.25) is 4.90 Å². The van der Waals surface area contributed by atoms with Gasteiger partial charge in [0.15, 0.2) is 0 Å². The second-order valence-electron chi connectivity index (χ2n) is 5.92. The molecule has 2 heteroatoms. The molecule has 1 atom stereocenters. The van der Waals surface area contributed by atoms with Crippen molar-refractivity contribution in [3.05, 3.63) is 35.4 Å². The molecule has 88 valence electrons. The summed E-state index contributed by atoms with van der Waals surface area (Å²) < 4.78 is 1.02. The fourth-order valence-electron chi connectivity index (χ4n) is 2.53. The van der Waals surface area contributed by atoms with E-state index in [1.54, 1.807) is 5.56 Å². The molecule has 0 saturated heterocycles. The molecule has 1 aliphatic heterocycles. The van der Waals surface area contributed by atoms with E-state index in [2.05, 4.69) is 57.4 Å². The van der Waals surface area contributed by atoms with Crippen molar-refractivity contribution < 1.29 is 4.48 Å². The molecule has 0 amide bonds. The van der Waals surface area contributed by atoms with Gasteiger partial charge in [0.25, 0.3) is 0 Å². The molecule has 0 unspecified atom stereocenters. The third kappa shape index (κ3) is 2.45. The normalized spacial score (nSPS) is 21.9. The van der Waals surface area contributed by atoms with E-state index in [9.17, 15) is 0 Å². The predicted octanol–water partition coefficient (Wildman–Crippen LogP) is 1.92. The van der Waals surface area contributed by atoms with Crippen LogP contribution in [0.3, 0.4) is 0 Å². The van der Waals surface area contributed by atoms with Gasteiger partial charge in [-0.05, 0) is 24.6 Å². The van der Waals surface area contributed by atoms with Crippen molar-refractivity contribution in [3.63, 3.8) is 0 Å². The topological polar surface area (TPSA) is 3.24 Å². The Labute approximate surface area is 99.1 Å². The summed E-state index contributed by atoms with van der Waals surface area (Å²) in [6, 6.07) is 9.48.